The van der Waals surface area contributed by atoms with Gasteiger partial charge in [-0.05, 0) is 52.9 Å². The summed E-state index contributed by atoms with van der Waals surface area (Å²) in [4.78, 5) is 12.0. The Morgan fingerprint density at radius 2 is 1.70 bits per heavy atom. The SMILES string of the molecule is O=C(Nc1c(F)cc(Br)cc1F)c1ccc(F)cc1I. The van der Waals surface area contributed by atoms with Gasteiger partial charge in [0, 0.05) is 8.04 Å². The van der Waals surface area contributed by atoms with Gasteiger partial charge >= 0.3 is 0 Å². The highest BCUT2D eigenvalue weighted by Crippen LogP contribution is 2.25. The summed E-state index contributed by atoms with van der Waals surface area (Å²) in [6.07, 6.45) is 0. The third kappa shape index (κ3) is 3.32. The van der Waals surface area contributed by atoms with E-state index in [1.54, 1.807) is 22.6 Å². The molecule has 7 heteroatoms. The highest BCUT2D eigenvalue weighted by molar-refractivity contribution is 14.1. The standard InChI is InChI=1S/C13H6BrF3INO/c14-6-3-9(16)12(10(17)4-6)19-13(20)8-2-1-7(15)5-11(8)18/h1-5H,(H,19,20). The summed E-state index contributed by atoms with van der Waals surface area (Å²) in [6, 6.07) is 5.58. The summed E-state index contributed by atoms with van der Waals surface area (Å²) >= 11 is 4.71. The second kappa shape index (κ2) is 6.13. The predicted octanol–water partition coefficient (Wildman–Crippen LogP) is 4.72. The average molecular weight is 456 g/mol. The molecule has 1 amide bonds. The van der Waals surface area contributed by atoms with E-state index < -0.39 is 29.0 Å². The van der Waals surface area contributed by atoms with Crippen LogP contribution in [0.2, 0.25) is 0 Å². The molecule has 0 aromatic heterocycles. The van der Waals surface area contributed by atoms with Crippen LogP contribution < -0.4 is 5.32 Å². The van der Waals surface area contributed by atoms with Crippen LogP contribution in [0.4, 0.5) is 18.9 Å². The van der Waals surface area contributed by atoms with Crippen LogP contribution in [-0.2, 0) is 0 Å². The van der Waals surface area contributed by atoms with E-state index in [0.717, 1.165) is 24.3 Å². The number of hydrogen-bond acceptors (Lipinski definition) is 1. The van der Waals surface area contributed by atoms with Gasteiger partial charge in [-0.25, -0.2) is 13.2 Å². The van der Waals surface area contributed by atoms with Gasteiger partial charge in [0.15, 0.2) is 11.6 Å². The lowest BCUT2D eigenvalue weighted by molar-refractivity contribution is 0.102. The van der Waals surface area contributed by atoms with Crippen LogP contribution in [0.15, 0.2) is 34.8 Å². The zero-order valence-corrected chi connectivity index (χ0v) is 13.4. The molecule has 0 bridgehead atoms. The molecule has 0 aliphatic rings. The van der Waals surface area contributed by atoms with E-state index in [9.17, 15) is 18.0 Å². The highest BCUT2D eigenvalue weighted by Gasteiger charge is 2.16. The van der Waals surface area contributed by atoms with Crippen molar-refractivity contribution in [1.82, 2.24) is 0 Å². The summed E-state index contributed by atoms with van der Waals surface area (Å²) in [5, 5.41) is 2.15. The Labute approximate surface area is 134 Å². The van der Waals surface area contributed by atoms with Crippen molar-refractivity contribution < 1.29 is 18.0 Å². The predicted molar refractivity (Wildman–Crippen MR) is 81.1 cm³/mol. The van der Waals surface area contributed by atoms with E-state index in [2.05, 4.69) is 21.2 Å². The van der Waals surface area contributed by atoms with Gasteiger partial charge in [0.25, 0.3) is 5.91 Å². The van der Waals surface area contributed by atoms with E-state index >= 15 is 0 Å². The zero-order valence-electron chi connectivity index (χ0n) is 9.68. The van der Waals surface area contributed by atoms with Crippen LogP contribution in [-0.4, -0.2) is 5.91 Å². The molecule has 0 unspecified atom stereocenters. The molecular formula is C13H6BrF3INO. The molecule has 0 aliphatic carbocycles. The summed E-state index contributed by atoms with van der Waals surface area (Å²) in [7, 11) is 0. The number of carbonyl (C=O) groups is 1. The van der Waals surface area contributed by atoms with Crippen LogP contribution in [0.25, 0.3) is 0 Å². The van der Waals surface area contributed by atoms with Gasteiger partial charge in [-0.1, -0.05) is 15.9 Å². The first-order chi connectivity index (χ1) is 9.38. The molecule has 2 aromatic carbocycles. The maximum absolute atomic E-state index is 13.6. The number of halogens is 5. The monoisotopic (exact) mass is 455 g/mol. The molecule has 104 valence electrons. The summed E-state index contributed by atoms with van der Waals surface area (Å²) in [5.41, 5.74) is -0.410. The molecule has 0 saturated heterocycles. The minimum Gasteiger partial charge on any atom is -0.317 e. The first-order valence-corrected chi connectivity index (χ1v) is 7.16. The van der Waals surface area contributed by atoms with E-state index in [-0.39, 0.29) is 10.0 Å². The van der Waals surface area contributed by atoms with E-state index in [1.165, 1.54) is 6.07 Å². The minimum atomic E-state index is -0.901. The molecule has 20 heavy (non-hydrogen) atoms. The van der Waals surface area contributed by atoms with Crippen LogP contribution in [0.5, 0.6) is 0 Å². The topological polar surface area (TPSA) is 29.1 Å². The van der Waals surface area contributed by atoms with E-state index in [1.807, 2.05) is 0 Å². The average Bonchev–Trinajstić information content (AvgIpc) is 2.33. The van der Waals surface area contributed by atoms with Crippen LogP contribution >= 0.6 is 38.5 Å². The van der Waals surface area contributed by atoms with Crippen molar-refractivity contribution in [2.45, 2.75) is 0 Å². The lowest BCUT2D eigenvalue weighted by Gasteiger charge is -2.09. The number of nitrogens with one attached hydrogen (secondary N) is 1. The fourth-order valence-corrected chi connectivity index (χ4v) is 2.64. The van der Waals surface area contributed by atoms with Crippen LogP contribution in [0, 0.1) is 21.0 Å². The van der Waals surface area contributed by atoms with Gasteiger partial charge in [-0.15, -0.1) is 0 Å². The van der Waals surface area contributed by atoms with E-state index in [0.29, 0.717) is 3.57 Å². The summed E-state index contributed by atoms with van der Waals surface area (Å²) < 4.78 is 40.7. The number of benzene rings is 2. The lowest BCUT2D eigenvalue weighted by Crippen LogP contribution is -2.15. The minimum absolute atomic E-state index is 0.133. The molecule has 0 fully saturated rings. The summed E-state index contributed by atoms with van der Waals surface area (Å²) in [5.74, 6) is -3.01. The molecule has 0 radical (unpaired) electrons. The maximum Gasteiger partial charge on any atom is 0.256 e. The van der Waals surface area contributed by atoms with Crippen molar-refractivity contribution in [3.05, 3.63) is 61.4 Å². The molecule has 2 nitrogen and oxygen atoms in total. The van der Waals surface area contributed by atoms with Crippen LogP contribution in [0.1, 0.15) is 10.4 Å². The maximum atomic E-state index is 13.6. The molecule has 0 spiro atoms. The van der Waals surface area contributed by atoms with Crippen molar-refractivity contribution in [1.29, 1.82) is 0 Å². The second-order valence-electron chi connectivity index (χ2n) is 3.82. The number of hydrogen-bond donors (Lipinski definition) is 1. The molecule has 0 saturated carbocycles. The Morgan fingerprint density at radius 1 is 1.10 bits per heavy atom. The Morgan fingerprint density at radius 3 is 2.25 bits per heavy atom. The number of carbonyl (C=O) groups excluding carboxylic acids is 1. The number of rotatable bonds is 2. The highest BCUT2D eigenvalue weighted by atomic mass is 127. The van der Waals surface area contributed by atoms with Crippen molar-refractivity contribution >= 4 is 50.1 Å². The summed E-state index contributed by atoms with van der Waals surface area (Å²) in [6.45, 7) is 0. The smallest absolute Gasteiger partial charge is 0.256 e. The largest absolute Gasteiger partial charge is 0.317 e. The zero-order chi connectivity index (χ0) is 14.9. The van der Waals surface area contributed by atoms with Crippen molar-refractivity contribution in [3.8, 4) is 0 Å². The molecule has 1 N–H and O–H groups in total. The van der Waals surface area contributed by atoms with Gasteiger partial charge in [-0.3, -0.25) is 4.79 Å². The third-order valence-electron chi connectivity index (χ3n) is 2.42. The second-order valence-corrected chi connectivity index (χ2v) is 5.90. The van der Waals surface area contributed by atoms with Gasteiger partial charge in [0.1, 0.15) is 11.5 Å². The molecule has 0 atom stereocenters. The quantitative estimate of drug-likeness (QED) is 0.652. The van der Waals surface area contributed by atoms with Crippen molar-refractivity contribution in [3.63, 3.8) is 0 Å². The number of amides is 1. The van der Waals surface area contributed by atoms with E-state index in [4.69, 9.17) is 0 Å². The molecule has 0 aliphatic heterocycles. The molecular weight excluding hydrogens is 450 g/mol. The molecule has 2 rings (SSSR count). The lowest BCUT2D eigenvalue weighted by atomic mass is 10.2. The van der Waals surface area contributed by atoms with Gasteiger partial charge in [0.05, 0.1) is 5.56 Å². The fourth-order valence-electron chi connectivity index (χ4n) is 1.52. The Kier molecular flexibility index (Phi) is 4.69. The normalized spacial score (nSPS) is 10.4. The Hall–Kier alpha value is -1.09. The van der Waals surface area contributed by atoms with Gasteiger partial charge < -0.3 is 5.32 Å². The molecule has 0 heterocycles. The first kappa shape index (κ1) is 15.3. The number of anilines is 1. The van der Waals surface area contributed by atoms with Crippen LogP contribution in [0.3, 0.4) is 0 Å². The van der Waals surface area contributed by atoms with Gasteiger partial charge in [-0.2, -0.15) is 0 Å². The fraction of sp³-hybridized carbons (Fsp3) is 0. The molecule has 2 aromatic rings. The Balaban J connectivity index is 2.33. The third-order valence-corrected chi connectivity index (χ3v) is 3.77. The van der Waals surface area contributed by atoms with Crippen molar-refractivity contribution in [2.75, 3.05) is 5.32 Å². The van der Waals surface area contributed by atoms with Gasteiger partial charge in [0.2, 0.25) is 0 Å². The van der Waals surface area contributed by atoms with Crippen molar-refractivity contribution in [2.24, 2.45) is 0 Å². The Bertz CT molecular complexity index is 670. The first-order valence-electron chi connectivity index (χ1n) is 5.29.